The van der Waals surface area contributed by atoms with Crippen LogP contribution in [0.4, 0.5) is 5.69 Å². The van der Waals surface area contributed by atoms with Crippen LogP contribution in [0.1, 0.15) is 52.1 Å². The van der Waals surface area contributed by atoms with Crippen molar-refractivity contribution in [2.45, 2.75) is 32.1 Å². The number of hydrogen-bond donors (Lipinski definition) is 1. The highest BCUT2D eigenvalue weighted by Crippen LogP contribution is 2.35. The number of benzene rings is 1. The molecule has 31 heavy (non-hydrogen) atoms. The van der Waals surface area contributed by atoms with Crippen molar-refractivity contribution in [3.63, 3.8) is 0 Å². The van der Waals surface area contributed by atoms with Gasteiger partial charge in [-0.15, -0.1) is 11.3 Å². The molecule has 1 fully saturated rings. The Morgan fingerprint density at radius 3 is 2.35 bits per heavy atom. The molecule has 1 aromatic heterocycles. The summed E-state index contributed by atoms with van der Waals surface area (Å²) in [7, 11) is 2.91. The number of esters is 1. The van der Waals surface area contributed by atoms with Crippen molar-refractivity contribution in [3.05, 3.63) is 39.0 Å². The number of carbonyl (C=O) groups excluding carboxylic acids is 3. The molecule has 1 N–H and O–H groups in total. The fraction of sp³-hybridized carbons (Fsp3) is 0.409. The second-order valence-corrected chi connectivity index (χ2v) is 8.90. The van der Waals surface area contributed by atoms with E-state index in [2.05, 4.69) is 5.32 Å². The first-order valence-electron chi connectivity index (χ1n) is 9.95. The van der Waals surface area contributed by atoms with E-state index in [0.717, 1.165) is 43.4 Å². The van der Waals surface area contributed by atoms with Crippen molar-refractivity contribution < 1.29 is 28.6 Å². The van der Waals surface area contributed by atoms with Crippen LogP contribution in [0.15, 0.2) is 24.3 Å². The molecule has 1 aliphatic rings. The molecule has 7 nitrogen and oxygen atoms in total. The predicted octanol–water partition coefficient (Wildman–Crippen LogP) is 4.98. The fourth-order valence-electron chi connectivity index (χ4n) is 3.49. The first-order valence-corrected chi connectivity index (χ1v) is 11.1. The molecule has 0 saturated heterocycles. The number of rotatable bonds is 8. The van der Waals surface area contributed by atoms with Crippen molar-refractivity contribution in [1.29, 1.82) is 0 Å². The van der Waals surface area contributed by atoms with Crippen LogP contribution in [0.5, 0.6) is 11.5 Å². The molecule has 0 spiro atoms. The highest BCUT2D eigenvalue weighted by atomic mass is 35.5. The van der Waals surface area contributed by atoms with Crippen molar-refractivity contribution in [3.8, 4) is 11.5 Å². The van der Waals surface area contributed by atoms with E-state index in [1.165, 1.54) is 26.4 Å². The molecule has 1 heterocycles. The SMILES string of the molecule is COc1cc(NC(=O)C2CCCCC2)c(C(=O)OCC(=O)c2ccc(Cl)s2)cc1OC. The van der Waals surface area contributed by atoms with E-state index in [1.54, 1.807) is 12.1 Å². The van der Waals surface area contributed by atoms with Crippen LogP contribution in [0.25, 0.3) is 0 Å². The number of carbonyl (C=O) groups is 3. The number of amides is 1. The van der Waals surface area contributed by atoms with Crippen LogP contribution in [-0.4, -0.2) is 38.5 Å². The zero-order valence-electron chi connectivity index (χ0n) is 17.4. The van der Waals surface area contributed by atoms with Gasteiger partial charge in [-0.2, -0.15) is 0 Å². The summed E-state index contributed by atoms with van der Waals surface area (Å²) in [5.41, 5.74) is 0.337. The van der Waals surface area contributed by atoms with Gasteiger partial charge in [-0.1, -0.05) is 30.9 Å². The number of ether oxygens (including phenoxy) is 3. The maximum Gasteiger partial charge on any atom is 0.340 e. The van der Waals surface area contributed by atoms with Gasteiger partial charge in [0.25, 0.3) is 0 Å². The first kappa shape index (κ1) is 23.1. The van der Waals surface area contributed by atoms with E-state index in [-0.39, 0.29) is 28.9 Å². The Morgan fingerprint density at radius 2 is 1.74 bits per heavy atom. The summed E-state index contributed by atoms with van der Waals surface area (Å²) in [6.07, 6.45) is 4.77. The Morgan fingerprint density at radius 1 is 1.06 bits per heavy atom. The minimum atomic E-state index is -0.754. The molecule has 0 bridgehead atoms. The smallest absolute Gasteiger partial charge is 0.340 e. The number of thiophene rings is 1. The summed E-state index contributed by atoms with van der Waals surface area (Å²) >= 11 is 6.96. The van der Waals surface area contributed by atoms with Gasteiger partial charge in [-0.25, -0.2) is 4.79 Å². The van der Waals surface area contributed by atoms with Crippen molar-refractivity contribution in [2.75, 3.05) is 26.1 Å². The zero-order valence-corrected chi connectivity index (χ0v) is 18.9. The number of methoxy groups -OCH3 is 2. The standard InChI is InChI=1S/C22H24ClNO6S/c1-28-17-10-14(22(27)30-12-16(25)19-8-9-20(23)31-19)15(11-18(17)29-2)24-21(26)13-6-4-3-5-7-13/h8-11,13H,3-7,12H2,1-2H3,(H,24,26). The summed E-state index contributed by atoms with van der Waals surface area (Å²) in [6, 6.07) is 6.14. The van der Waals surface area contributed by atoms with E-state index >= 15 is 0 Å². The van der Waals surface area contributed by atoms with E-state index < -0.39 is 12.6 Å². The lowest BCUT2D eigenvalue weighted by molar-refractivity contribution is -0.120. The van der Waals surface area contributed by atoms with Crippen LogP contribution in [0, 0.1) is 5.92 Å². The Labute approximate surface area is 189 Å². The Kier molecular flexibility index (Phi) is 7.92. The largest absolute Gasteiger partial charge is 0.493 e. The minimum Gasteiger partial charge on any atom is -0.493 e. The molecule has 0 radical (unpaired) electrons. The maximum atomic E-state index is 12.8. The third-order valence-corrected chi connectivity index (χ3v) is 6.43. The quantitative estimate of drug-likeness (QED) is 0.437. The van der Waals surface area contributed by atoms with Gasteiger partial charge in [0.2, 0.25) is 11.7 Å². The summed E-state index contributed by atoms with van der Waals surface area (Å²) in [6.45, 7) is -0.444. The molecule has 0 aliphatic heterocycles. The average molecular weight is 466 g/mol. The molecule has 1 aromatic carbocycles. The monoisotopic (exact) mass is 465 g/mol. The van der Waals surface area contributed by atoms with Crippen molar-refractivity contribution in [1.82, 2.24) is 0 Å². The maximum absolute atomic E-state index is 12.8. The van der Waals surface area contributed by atoms with Gasteiger partial charge in [0.05, 0.1) is 34.7 Å². The topological polar surface area (TPSA) is 90.9 Å². The van der Waals surface area contributed by atoms with Crippen LogP contribution >= 0.6 is 22.9 Å². The van der Waals surface area contributed by atoms with Crippen LogP contribution in [-0.2, 0) is 9.53 Å². The normalized spacial score (nSPS) is 14.0. The molecular weight excluding hydrogens is 442 g/mol. The van der Waals surface area contributed by atoms with Gasteiger partial charge in [-0.05, 0) is 25.0 Å². The molecule has 1 saturated carbocycles. The van der Waals surface area contributed by atoms with Gasteiger partial charge >= 0.3 is 5.97 Å². The van der Waals surface area contributed by atoms with Crippen molar-refractivity contribution >= 4 is 46.3 Å². The number of Topliss-reactive ketones (excluding diaryl/α,β-unsaturated/α-hetero) is 1. The summed E-state index contributed by atoms with van der Waals surface area (Å²) < 4.78 is 16.3. The van der Waals surface area contributed by atoms with Gasteiger partial charge in [-0.3, -0.25) is 9.59 Å². The Balaban J connectivity index is 1.79. The third-order valence-electron chi connectivity index (χ3n) is 5.16. The number of ketones is 1. The summed E-state index contributed by atoms with van der Waals surface area (Å²) in [5, 5.41) is 2.83. The first-order chi connectivity index (χ1) is 14.9. The lowest BCUT2D eigenvalue weighted by Gasteiger charge is -2.22. The number of nitrogens with one attached hydrogen (secondary N) is 1. The minimum absolute atomic E-state index is 0.0822. The molecule has 9 heteroatoms. The van der Waals surface area contributed by atoms with E-state index in [4.69, 9.17) is 25.8 Å². The lowest BCUT2D eigenvalue weighted by Crippen LogP contribution is -2.26. The molecule has 0 unspecified atom stereocenters. The zero-order chi connectivity index (χ0) is 22.4. The number of hydrogen-bond acceptors (Lipinski definition) is 7. The average Bonchev–Trinajstić information content (AvgIpc) is 3.23. The molecule has 2 aromatic rings. The predicted molar refractivity (Wildman–Crippen MR) is 119 cm³/mol. The molecular formula is C22H24ClNO6S. The molecule has 1 amide bonds. The lowest BCUT2D eigenvalue weighted by atomic mass is 9.88. The highest BCUT2D eigenvalue weighted by molar-refractivity contribution is 7.18. The van der Waals surface area contributed by atoms with E-state index in [1.807, 2.05) is 0 Å². The van der Waals surface area contributed by atoms with Crippen LogP contribution in [0.2, 0.25) is 4.34 Å². The summed E-state index contributed by atoms with van der Waals surface area (Å²) in [5.74, 6) is -0.695. The molecule has 3 rings (SSSR count). The highest BCUT2D eigenvalue weighted by Gasteiger charge is 2.25. The van der Waals surface area contributed by atoms with Gasteiger partial charge < -0.3 is 19.5 Å². The Hall–Kier alpha value is -2.58. The van der Waals surface area contributed by atoms with E-state index in [0.29, 0.717) is 20.7 Å². The van der Waals surface area contributed by atoms with Crippen LogP contribution in [0.3, 0.4) is 0 Å². The number of halogens is 1. The van der Waals surface area contributed by atoms with E-state index in [9.17, 15) is 14.4 Å². The number of anilines is 1. The second kappa shape index (κ2) is 10.6. The van der Waals surface area contributed by atoms with Crippen LogP contribution < -0.4 is 14.8 Å². The van der Waals surface area contributed by atoms with Gasteiger partial charge in [0, 0.05) is 18.1 Å². The third kappa shape index (κ3) is 5.77. The van der Waals surface area contributed by atoms with Gasteiger partial charge in [0.15, 0.2) is 18.1 Å². The summed E-state index contributed by atoms with van der Waals surface area (Å²) in [4.78, 5) is 38.2. The Bertz CT molecular complexity index is 967. The fourth-order valence-corrected chi connectivity index (χ4v) is 4.46. The molecule has 0 atom stereocenters. The van der Waals surface area contributed by atoms with Gasteiger partial charge in [0.1, 0.15) is 0 Å². The van der Waals surface area contributed by atoms with Crippen molar-refractivity contribution in [2.24, 2.45) is 5.92 Å². The molecule has 166 valence electrons. The molecule has 1 aliphatic carbocycles. The second-order valence-electron chi connectivity index (χ2n) is 7.18.